The average molecular weight is 839 g/mol. The minimum atomic E-state index is -1.14. The lowest BCUT2D eigenvalue weighted by atomic mass is 9.79. The number of unbranched alkanes of at least 4 members (excludes halogenated alkanes) is 1. The fraction of sp³-hybridized carbons (Fsp3) is 0.477. The molecule has 0 spiro atoms. The molecule has 2 aromatic carbocycles. The fourth-order valence-electron chi connectivity index (χ4n) is 8.49. The molecule has 2 aliphatic heterocycles. The number of methoxy groups -OCH3 is 2. The third-order valence-electron chi connectivity index (χ3n) is 11.9. The number of fused-ring (bicyclic) bond motifs is 2. The largest absolute Gasteiger partial charge is 0.456 e. The maximum absolute atomic E-state index is 13.9. The van der Waals surface area contributed by atoms with Gasteiger partial charge < -0.3 is 49.3 Å². The molecule has 3 atom stereocenters. The zero-order valence-electron chi connectivity index (χ0n) is 35.0. The summed E-state index contributed by atoms with van der Waals surface area (Å²) in [6.07, 6.45) is 8.27. The number of ether oxygens (including phenoxy) is 3. The van der Waals surface area contributed by atoms with Crippen LogP contribution in [0.15, 0.2) is 58.0 Å². The van der Waals surface area contributed by atoms with Crippen LogP contribution in [0.5, 0.6) is 0 Å². The second-order valence-electron chi connectivity index (χ2n) is 16.2. The molecule has 0 radical (unpaired) electrons. The van der Waals surface area contributed by atoms with E-state index in [-0.39, 0.29) is 29.2 Å². The Morgan fingerprint density at radius 1 is 0.934 bits per heavy atom. The summed E-state index contributed by atoms with van der Waals surface area (Å²) in [6, 6.07) is 10.2. The number of benzene rings is 2. The lowest BCUT2D eigenvalue weighted by molar-refractivity contribution is -0.124. The third kappa shape index (κ3) is 9.62. The number of likely N-dealkylation sites (tertiary alicyclic amines) is 1. The quantitative estimate of drug-likeness (QED) is 0.0479. The lowest BCUT2D eigenvalue weighted by Crippen LogP contribution is -2.62. The van der Waals surface area contributed by atoms with Crippen LogP contribution in [0.3, 0.4) is 0 Å². The van der Waals surface area contributed by atoms with E-state index in [0.29, 0.717) is 67.5 Å². The van der Waals surface area contributed by atoms with Crippen LogP contribution in [0, 0.1) is 11.8 Å². The highest BCUT2D eigenvalue weighted by Crippen LogP contribution is 2.36. The van der Waals surface area contributed by atoms with Gasteiger partial charge in [0.1, 0.15) is 40.7 Å². The van der Waals surface area contributed by atoms with Crippen molar-refractivity contribution in [3.63, 3.8) is 0 Å². The first kappa shape index (κ1) is 43.0. The number of amides is 3. The van der Waals surface area contributed by atoms with E-state index < -0.39 is 23.8 Å². The number of alkyl carbamates (subject to hydrolysis) is 2. The van der Waals surface area contributed by atoms with Gasteiger partial charge in [0.15, 0.2) is 0 Å². The van der Waals surface area contributed by atoms with Gasteiger partial charge in [-0.1, -0.05) is 19.9 Å². The minimum Gasteiger partial charge on any atom is -0.456 e. The number of nitrogens with zero attached hydrogens (tertiary/aromatic N) is 3. The number of imidazole rings is 2. The molecular weight excluding hydrogens is 785 g/mol. The summed E-state index contributed by atoms with van der Waals surface area (Å²) >= 11 is 0. The number of nitrogens with one attached hydrogen (secondary N) is 5. The Labute approximate surface area is 352 Å². The van der Waals surface area contributed by atoms with E-state index in [1.807, 2.05) is 38.1 Å². The predicted molar refractivity (Wildman–Crippen MR) is 227 cm³/mol. The van der Waals surface area contributed by atoms with Crippen LogP contribution in [0.2, 0.25) is 0 Å². The average Bonchev–Trinajstić information content (AvgIpc) is 4.07. The second kappa shape index (κ2) is 19.1. The number of rotatable bonds is 16. The molecule has 5 aromatic rings. The first-order valence-corrected chi connectivity index (χ1v) is 20.9. The molecule has 3 aromatic heterocycles. The van der Waals surface area contributed by atoms with Crippen molar-refractivity contribution >= 4 is 46.3 Å². The molecule has 2 saturated heterocycles. The summed E-state index contributed by atoms with van der Waals surface area (Å²) in [5.74, 6) is 1.09. The van der Waals surface area contributed by atoms with Crippen molar-refractivity contribution in [3.8, 4) is 22.5 Å². The molecule has 17 nitrogen and oxygen atoms in total. The van der Waals surface area contributed by atoms with Crippen LogP contribution in [0.1, 0.15) is 70.1 Å². The number of H-pyrrole nitrogens is 2. The van der Waals surface area contributed by atoms with Crippen molar-refractivity contribution < 1.29 is 37.8 Å². The van der Waals surface area contributed by atoms with Crippen molar-refractivity contribution in [1.82, 2.24) is 40.8 Å². The summed E-state index contributed by atoms with van der Waals surface area (Å²) in [5.41, 5.74) is 2.74. The Bertz CT molecular complexity index is 2420. The molecule has 324 valence electrons. The van der Waals surface area contributed by atoms with Gasteiger partial charge in [-0.3, -0.25) is 14.5 Å². The van der Waals surface area contributed by atoms with Gasteiger partial charge in [-0.2, -0.15) is 0 Å². The van der Waals surface area contributed by atoms with Crippen LogP contribution in [-0.2, 0) is 30.2 Å². The Morgan fingerprint density at radius 2 is 1.67 bits per heavy atom. The van der Waals surface area contributed by atoms with Crippen molar-refractivity contribution in [2.75, 3.05) is 47.1 Å². The Hall–Kier alpha value is -6.07. The molecule has 0 aliphatic carbocycles. The van der Waals surface area contributed by atoms with Gasteiger partial charge in [0.25, 0.3) is 0 Å². The van der Waals surface area contributed by atoms with E-state index in [9.17, 15) is 24.0 Å². The molecule has 61 heavy (non-hydrogen) atoms. The maximum atomic E-state index is 13.9. The third-order valence-corrected chi connectivity index (χ3v) is 11.9. The zero-order valence-corrected chi connectivity index (χ0v) is 35.0. The van der Waals surface area contributed by atoms with Gasteiger partial charge in [-0.25, -0.2) is 19.6 Å². The fourth-order valence-corrected chi connectivity index (χ4v) is 8.49. The van der Waals surface area contributed by atoms with Crippen LogP contribution >= 0.6 is 0 Å². The summed E-state index contributed by atoms with van der Waals surface area (Å²) in [7, 11) is 2.56. The van der Waals surface area contributed by atoms with Gasteiger partial charge in [-0.05, 0) is 87.2 Å². The molecule has 2 fully saturated rings. The van der Waals surface area contributed by atoms with Crippen molar-refractivity contribution in [1.29, 1.82) is 0 Å². The molecule has 3 unspecified atom stereocenters. The summed E-state index contributed by atoms with van der Waals surface area (Å²) in [6.45, 7) is 6.26. The monoisotopic (exact) mass is 838 g/mol. The number of aryl methyl sites for hydroxylation is 1. The molecular formula is C44H54N8O9. The predicted octanol–water partition coefficient (Wildman–Crippen LogP) is 5.40. The van der Waals surface area contributed by atoms with Crippen LogP contribution in [-0.4, -0.2) is 108 Å². The first-order chi connectivity index (χ1) is 29.5. The standard InChI is InChI=1S/C44H54N8O9/c1-26(2)38(50-42(56)58-3)41(55)45-16-6-5-9-37-46-22-32(48-37)28-10-12-30-36(21-28)61-35-13-11-27(20-31(35)39(30)54)33-23-47-40(49-33)34-8-7-17-52(34)24-44(25-53,51-43(57)59-4)29-14-18-60-19-15-29/h10-13,20-23,25-26,29,34,38H,5-9,14-19,24H2,1-4H3,(H,45,55)(H,46,48)(H,47,49)(H,50,56)(H,51,57). The van der Waals surface area contributed by atoms with Gasteiger partial charge >= 0.3 is 12.2 Å². The van der Waals surface area contributed by atoms with Crippen molar-refractivity contribution in [3.05, 3.63) is 70.7 Å². The van der Waals surface area contributed by atoms with E-state index in [1.54, 1.807) is 24.5 Å². The summed E-state index contributed by atoms with van der Waals surface area (Å²) in [4.78, 5) is 81.7. The molecule has 0 saturated carbocycles. The Balaban J connectivity index is 1.01. The number of aldehydes is 1. The van der Waals surface area contributed by atoms with E-state index in [4.69, 9.17) is 18.9 Å². The summed E-state index contributed by atoms with van der Waals surface area (Å²) < 4.78 is 21.4. The first-order valence-electron chi connectivity index (χ1n) is 20.9. The normalized spacial score (nSPS) is 17.6. The maximum Gasteiger partial charge on any atom is 0.407 e. The molecule has 17 heteroatoms. The van der Waals surface area contributed by atoms with Crippen molar-refractivity contribution in [2.24, 2.45) is 11.8 Å². The summed E-state index contributed by atoms with van der Waals surface area (Å²) in [5, 5.41) is 9.23. The number of carbonyl (C=O) groups is 4. The Kier molecular flexibility index (Phi) is 13.5. The number of aromatic nitrogens is 4. The topological polar surface area (TPSA) is 223 Å². The number of hydrogen-bond acceptors (Lipinski definition) is 12. The molecule has 0 bridgehead atoms. The highest BCUT2D eigenvalue weighted by atomic mass is 16.5. The molecule has 7 rings (SSSR count). The van der Waals surface area contributed by atoms with Crippen LogP contribution in [0.4, 0.5) is 9.59 Å². The lowest BCUT2D eigenvalue weighted by Gasteiger charge is -2.42. The number of hydrogen-bond donors (Lipinski definition) is 5. The molecule has 2 aliphatic rings. The van der Waals surface area contributed by atoms with Gasteiger partial charge in [0.2, 0.25) is 11.3 Å². The van der Waals surface area contributed by atoms with E-state index in [1.165, 1.54) is 14.2 Å². The number of carbonyl (C=O) groups excluding carboxylic acids is 4. The molecule has 5 heterocycles. The second-order valence-corrected chi connectivity index (χ2v) is 16.2. The van der Waals surface area contributed by atoms with Gasteiger partial charge in [-0.15, -0.1) is 0 Å². The Morgan fingerprint density at radius 3 is 2.43 bits per heavy atom. The SMILES string of the molecule is COC(=O)NC(C(=O)NCCCCc1ncc(-c2ccc3c(=O)c4cc(-c5cnc(C6CCCN6CC(C=O)(NC(=O)OC)C6CCOCC6)[nH]5)ccc4oc3c2)[nH]1)C(C)C. The van der Waals surface area contributed by atoms with Gasteiger partial charge in [0, 0.05) is 43.9 Å². The minimum absolute atomic E-state index is 0.0963. The highest BCUT2D eigenvalue weighted by molar-refractivity contribution is 5.93. The number of aromatic amines is 2. The van der Waals surface area contributed by atoms with Crippen LogP contribution < -0.4 is 21.4 Å². The molecule has 5 N–H and O–H groups in total. The van der Waals surface area contributed by atoms with E-state index in [0.717, 1.165) is 72.7 Å². The van der Waals surface area contributed by atoms with Gasteiger partial charge in [0.05, 0.1) is 54.8 Å². The van der Waals surface area contributed by atoms with E-state index in [2.05, 4.69) is 40.5 Å². The highest BCUT2D eigenvalue weighted by Gasteiger charge is 2.45. The molecule has 3 amide bonds. The van der Waals surface area contributed by atoms with Crippen LogP contribution in [0.25, 0.3) is 44.5 Å². The van der Waals surface area contributed by atoms with E-state index >= 15 is 0 Å². The van der Waals surface area contributed by atoms with Crippen molar-refractivity contribution in [2.45, 2.75) is 76.4 Å². The smallest absolute Gasteiger partial charge is 0.407 e. The zero-order chi connectivity index (χ0) is 43.1.